The lowest BCUT2D eigenvalue weighted by molar-refractivity contribution is -0.907. The van der Waals surface area contributed by atoms with E-state index in [0.717, 1.165) is 24.3 Å². The van der Waals surface area contributed by atoms with Gasteiger partial charge >= 0.3 is 0 Å². The minimum Gasteiger partial charge on any atom is -0.364 e. The van der Waals surface area contributed by atoms with Crippen molar-refractivity contribution in [3.05, 3.63) is 29.3 Å². The summed E-state index contributed by atoms with van der Waals surface area (Å²) >= 11 is 0. The van der Waals surface area contributed by atoms with Crippen molar-refractivity contribution in [2.75, 3.05) is 25.0 Å². The first-order valence-corrected chi connectivity index (χ1v) is 8.25. The van der Waals surface area contributed by atoms with Crippen molar-refractivity contribution in [3.8, 4) is 0 Å². The highest BCUT2D eigenvalue weighted by Gasteiger charge is 2.27. The predicted molar refractivity (Wildman–Crippen MR) is 89.5 cm³/mol. The van der Waals surface area contributed by atoms with Crippen LogP contribution in [0.4, 0.5) is 5.69 Å². The number of aryl methyl sites for hydroxylation is 1. The van der Waals surface area contributed by atoms with Crippen LogP contribution in [-0.4, -0.2) is 37.7 Å². The van der Waals surface area contributed by atoms with Crippen LogP contribution in [0.2, 0.25) is 0 Å². The van der Waals surface area contributed by atoms with Crippen molar-refractivity contribution in [2.45, 2.75) is 52.7 Å². The molecule has 22 heavy (non-hydrogen) atoms. The molecule has 0 aromatic heterocycles. The standard InChI is InChI=1S/C18H28N2O2/c1-12(2)16-8-6-7-13(3)18(16)19-17(21)11-20-9-14(4)22-15(5)10-20/h6-8,12,14-15H,9-11H2,1-5H3,(H,19,21)/p+1/t14-,15+. The predicted octanol–water partition coefficient (Wildman–Crippen LogP) is 1.75. The van der Waals surface area contributed by atoms with Gasteiger partial charge in [0.15, 0.2) is 6.54 Å². The average molecular weight is 305 g/mol. The Morgan fingerprint density at radius 1 is 1.32 bits per heavy atom. The van der Waals surface area contributed by atoms with E-state index < -0.39 is 0 Å². The first-order valence-electron chi connectivity index (χ1n) is 8.25. The molecule has 4 nitrogen and oxygen atoms in total. The SMILES string of the molecule is Cc1cccc(C(C)C)c1NC(=O)C[NH+]1C[C@@H](C)O[C@@H](C)C1. The molecule has 2 N–H and O–H groups in total. The fourth-order valence-electron chi connectivity index (χ4n) is 3.29. The molecule has 0 radical (unpaired) electrons. The third-order valence-corrected chi connectivity index (χ3v) is 4.22. The van der Waals surface area contributed by atoms with Crippen LogP contribution in [0, 0.1) is 6.92 Å². The Kier molecular flexibility index (Phi) is 5.59. The number of para-hydroxylation sites is 1. The Morgan fingerprint density at radius 3 is 2.55 bits per heavy atom. The molecule has 0 aliphatic carbocycles. The number of nitrogens with one attached hydrogen (secondary N) is 2. The van der Waals surface area contributed by atoms with Gasteiger partial charge in [-0.2, -0.15) is 0 Å². The molecule has 0 saturated carbocycles. The van der Waals surface area contributed by atoms with Crippen LogP contribution in [0.1, 0.15) is 44.7 Å². The van der Waals surface area contributed by atoms with Crippen molar-refractivity contribution >= 4 is 11.6 Å². The molecular formula is C18H29N2O2+. The summed E-state index contributed by atoms with van der Waals surface area (Å²) in [6.45, 7) is 12.8. The smallest absolute Gasteiger partial charge is 0.279 e. The highest BCUT2D eigenvalue weighted by atomic mass is 16.5. The van der Waals surface area contributed by atoms with E-state index in [9.17, 15) is 4.79 Å². The van der Waals surface area contributed by atoms with Gasteiger partial charge in [-0.3, -0.25) is 4.79 Å². The number of rotatable bonds is 4. The van der Waals surface area contributed by atoms with Gasteiger partial charge in [0.2, 0.25) is 0 Å². The zero-order valence-electron chi connectivity index (χ0n) is 14.4. The second-order valence-electron chi connectivity index (χ2n) is 6.83. The summed E-state index contributed by atoms with van der Waals surface area (Å²) in [5, 5.41) is 3.14. The summed E-state index contributed by atoms with van der Waals surface area (Å²) in [5.41, 5.74) is 3.31. The van der Waals surface area contributed by atoms with Crippen LogP contribution in [0.3, 0.4) is 0 Å². The van der Waals surface area contributed by atoms with E-state index in [-0.39, 0.29) is 18.1 Å². The summed E-state index contributed by atoms with van der Waals surface area (Å²) in [6, 6.07) is 6.20. The van der Waals surface area contributed by atoms with Crippen LogP contribution in [-0.2, 0) is 9.53 Å². The topological polar surface area (TPSA) is 42.8 Å². The molecule has 1 aromatic carbocycles. The second-order valence-corrected chi connectivity index (χ2v) is 6.83. The zero-order chi connectivity index (χ0) is 16.3. The van der Waals surface area contributed by atoms with E-state index in [4.69, 9.17) is 4.74 Å². The number of carbonyl (C=O) groups is 1. The van der Waals surface area contributed by atoms with E-state index in [1.165, 1.54) is 10.5 Å². The number of carbonyl (C=O) groups excluding carboxylic acids is 1. The molecule has 1 aliphatic rings. The molecule has 122 valence electrons. The molecule has 1 saturated heterocycles. The van der Waals surface area contributed by atoms with Gasteiger partial charge in [0.25, 0.3) is 5.91 Å². The maximum atomic E-state index is 12.4. The van der Waals surface area contributed by atoms with Crippen molar-refractivity contribution in [1.82, 2.24) is 0 Å². The van der Waals surface area contributed by atoms with Crippen LogP contribution in [0.5, 0.6) is 0 Å². The maximum Gasteiger partial charge on any atom is 0.279 e. The van der Waals surface area contributed by atoms with E-state index in [0.29, 0.717) is 12.5 Å². The Bertz CT molecular complexity index is 518. The highest BCUT2D eigenvalue weighted by molar-refractivity contribution is 5.93. The molecule has 4 heteroatoms. The first kappa shape index (κ1) is 17.0. The zero-order valence-corrected chi connectivity index (χ0v) is 14.4. The first-order chi connectivity index (χ1) is 10.4. The number of ether oxygens (including phenoxy) is 1. The van der Waals surface area contributed by atoms with Crippen LogP contribution < -0.4 is 10.2 Å². The Morgan fingerprint density at radius 2 is 1.95 bits per heavy atom. The summed E-state index contributed by atoms with van der Waals surface area (Å²) in [7, 11) is 0. The second kappa shape index (κ2) is 7.25. The Labute approximate surface area is 133 Å². The molecule has 1 aliphatic heterocycles. The van der Waals surface area contributed by atoms with Crippen LogP contribution in [0.15, 0.2) is 18.2 Å². The lowest BCUT2D eigenvalue weighted by Crippen LogP contribution is -3.16. The van der Waals surface area contributed by atoms with E-state index in [2.05, 4.69) is 45.1 Å². The molecule has 3 atom stereocenters. The largest absolute Gasteiger partial charge is 0.364 e. The molecule has 1 fully saturated rings. The van der Waals surface area contributed by atoms with Crippen LogP contribution in [0.25, 0.3) is 0 Å². The number of benzene rings is 1. The van der Waals surface area contributed by atoms with E-state index in [1.807, 2.05) is 13.0 Å². The van der Waals surface area contributed by atoms with Gasteiger partial charge in [0.1, 0.15) is 25.3 Å². The molecule has 1 heterocycles. The Balaban J connectivity index is 2.03. The number of anilines is 1. The third kappa shape index (κ3) is 4.31. The minimum atomic E-state index is 0.0903. The fourth-order valence-corrected chi connectivity index (χ4v) is 3.29. The number of hydrogen-bond donors (Lipinski definition) is 2. The van der Waals surface area contributed by atoms with Gasteiger partial charge < -0.3 is 15.0 Å². The molecular weight excluding hydrogens is 276 g/mol. The van der Waals surface area contributed by atoms with Gasteiger partial charge in [-0.1, -0.05) is 32.0 Å². The van der Waals surface area contributed by atoms with Gasteiger partial charge in [-0.05, 0) is 37.8 Å². The number of morpholine rings is 1. The van der Waals surface area contributed by atoms with Crippen molar-refractivity contribution in [3.63, 3.8) is 0 Å². The maximum absolute atomic E-state index is 12.4. The summed E-state index contributed by atoms with van der Waals surface area (Å²) in [5.74, 6) is 0.485. The quantitative estimate of drug-likeness (QED) is 0.890. The van der Waals surface area contributed by atoms with E-state index >= 15 is 0 Å². The van der Waals surface area contributed by atoms with Gasteiger partial charge in [-0.15, -0.1) is 0 Å². The number of amides is 1. The molecule has 0 bridgehead atoms. The monoisotopic (exact) mass is 305 g/mol. The lowest BCUT2D eigenvalue weighted by Gasteiger charge is -2.32. The van der Waals surface area contributed by atoms with Gasteiger partial charge in [0.05, 0.1) is 0 Å². The van der Waals surface area contributed by atoms with Crippen molar-refractivity contribution < 1.29 is 14.4 Å². The summed E-state index contributed by atoms with van der Waals surface area (Å²) in [6.07, 6.45) is 0.437. The van der Waals surface area contributed by atoms with Gasteiger partial charge in [0, 0.05) is 5.69 Å². The normalized spacial score (nSPS) is 25.3. The van der Waals surface area contributed by atoms with Crippen molar-refractivity contribution in [1.29, 1.82) is 0 Å². The number of hydrogen-bond acceptors (Lipinski definition) is 2. The highest BCUT2D eigenvalue weighted by Crippen LogP contribution is 2.27. The van der Waals surface area contributed by atoms with Crippen LogP contribution >= 0.6 is 0 Å². The third-order valence-electron chi connectivity index (χ3n) is 4.22. The molecule has 0 spiro atoms. The molecule has 2 rings (SSSR count). The summed E-state index contributed by atoms with van der Waals surface area (Å²) < 4.78 is 5.73. The van der Waals surface area contributed by atoms with Gasteiger partial charge in [-0.25, -0.2) is 0 Å². The molecule has 1 aromatic rings. The van der Waals surface area contributed by atoms with Crippen molar-refractivity contribution in [2.24, 2.45) is 0 Å². The average Bonchev–Trinajstić information content (AvgIpc) is 2.39. The molecule has 1 unspecified atom stereocenters. The minimum absolute atomic E-state index is 0.0903. The fraction of sp³-hybridized carbons (Fsp3) is 0.611. The Hall–Kier alpha value is -1.39. The summed E-state index contributed by atoms with van der Waals surface area (Å²) in [4.78, 5) is 13.7. The van der Waals surface area contributed by atoms with E-state index in [1.54, 1.807) is 0 Å². The lowest BCUT2D eigenvalue weighted by atomic mass is 9.98. The number of quaternary nitrogens is 1. The molecule has 1 amide bonds.